The van der Waals surface area contributed by atoms with E-state index in [1.807, 2.05) is 0 Å². The standard InChI is InChI=1S/C34H31BrCl3F3N2O6/c1-32(2,3)48-30(46)43(31(47)49-33(4,5)6)28-23(40)12-8-17(27(28)41)14-24(44)19-15-18(9-10-21(19)36)42-29(45)26-25(34(26,37)38)16-7-11-22(39)20(35)13-16/h7-13,15,25-26H,14H2,1-6H3,(H,42,45)/t25-,26+/m0/s1. The third-order valence-electron chi connectivity index (χ3n) is 7.05. The lowest BCUT2D eigenvalue weighted by atomic mass is 10.0. The number of ketones is 1. The summed E-state index contributed by atoms with van der Waals surface area (Å²) in [5, 5.41) is 2.60. The first-order chi connectivity index (χ1) is 22.5. The molecule has 15 heteroatoms. The highest BCUT2D eigenvalue weighted by Crippen LogP contribution is 2.65. The molecular formula is C34H31BrCl3F3N2O6. The Kier molecular flexibility index (Phi) is 11.1. The maximum absolute atomic E-state index is 16.0. The van der Waals surface area contributed by atoms with E-state index in [1.165, 1.54) is 77.9 Å². The highest BCUT2D eigenvalue weighted by Gasteiger charge is 2.67. The van der Waals surface area contributed by atoms with Crippen LogP contribution in [0.1, 0.15) is 68.9 Å². The fraction of sp³-hybridized carbons (Fsp3) is 0.353. The zero-order chi connectivity index (χ0) is 36.8. The SMILES string of the molecule is CC(C)(C)OC(=O)N(C(=O)OC(C)(C)C)c1c(F)ccc(CC(=O)c2cc(NC(=O)[C@H]3[C@H](c4ccc(F)c(Br)c4)C3(Cl)Cl)ccc2Cl)c1F. The zero-order valence-electron chi connectivity index (χ0n) is 27.0. The van der Waals surface area contributed by atoms with Crippen LogP contribution in [0.4, 0.5) is 34.1 Å². The van der Waals surface area contributed by atoms with Gasteiger partial charge < -0.3 is 14.8 Å². The predicted molar refractivity (Wildman–Crippen MR) is 184 cm³/mol. The van der Waals surface area contributed by atoms with Crippen LogP contribution in [0.3, 0.4) is 0 Å². The Hall–Kier alpha value is -3.32. The van der Waals surface area contributed by atoms with Gasteiger partial charge in [0.15, 0.2) is 17.4 Å². The van der Waals surface area contributed by atoms with E-state index in [9.17, 15) is 23.6 Å². The molecule has 1 fully saturated rings. The first-order valence-corrected chi connectivity index (χ1v) is 16.6. The largest absolute Gasteiger partial charge is 0.443 e. The summed E-state index contributed by atoms with van der Waals surface area (Å²) in [5.41, 5.74) is -3.25. The first kappa shape index (κ1) is 38.5. The summed E-state index contributed by atoms with van der Waals surface area (Å²) in [4.78, 5) is 52.9. The molecule has 1 N–H and O–H groups in total. The Balaban J connectivity index is 1.60. The minimum absolute atomic E-state index is 0.0422. The number of carbonyl (C=O) groups is 4. The second-order valence-corrected chi connectivity index (χ2v) is 16.0. The van der Waals surface area contributed by atoms with Gasteiger partial charge in [-0.2, -0.15) is 4.90 Å². The minimum Gasteiger partial charge on any atom is -0.443 e. The van der Waals surface area contributed by atoms with Crippen molar-refractivity contribution in [3.63, 3.8) is 0 Å². The number of hydrogen-bond acceptors (Lipinski definition) is 6. The van der Waals surface area contributed by atoms with Gasteiger partial charge in [-0.3, -0.25) is 9.59 Å². The van der Waals surface area contributed by atoms with Crippen molar-refractivity contribution in [1.82, 2.24) is 0 Å². The minimum atomic E-state index is -1.49. The van der Waals surface area contributed by atoms with Gasteiger partial charge in [0.25, 0.3) is 0 Å². The van der Waals surface area contributed by atoms with Gasteiger partial charge in [-0.15, -0.1) is 23.2 Å². The molecule has 0 heterocycles. The molecule has 1 aliphatic carbocycles. The molecule has 0 aliphatic heterocycles. The van der Waals surface area contributed by atoms with Crippen molar-refractivity contribution < 1.29 is 41.8 Å². The average Bonchev–Trinajstić information content (AvgIpc) is 3.54. The lowest BCUT2D eigenvalue weighted by Crippen LogP contribution is -2.44. The van der Waals surface area contributed by atoms with Gasteiger partial charge in [-0.05, 0) is 105 Å². The molecule has 0 aromatic heterocycles. The fourth-order valence-electron chi connectivity index (χ4n) is 4.87. The number of imide groups is 1. The molecular weight excluding hydrogens is 776 g/mol. The fourth-order valence-corrected chi connectivity index (χ4v) is 6.32. The van der Waals surface area contributed by atoms with Crippen LogP contribution in [0.25, 0.3) is 0 Å². The van der Waals surface area contributed by atoms with Crippen LogP contribution in [0.5, 0.6) is 0 Å². The lowest BCUT2D eigenvalue weighted by molar-refractivity contribution is -0.117. The number of hydrogen-bond donors (Lipinski definition) is 1. The van der Waals surface area contributed by atoms with Gasteiger partial charge in [-0.1, -0.05) is 23.7 Å². The van der Waals surface area contributed by atoms with Crippen molar-refractivity contribution in [2.45, 2.75) is 69.4 Å². The molecule has 1 saturated carbocycles. The summed E-state index contributed by atoms with van der Waals surface area (Å²) in [6.45, 7) is 8.97. The number of rotatable bonds is 7. The van der Waals surface area contributed by atoms with E-state index in [-0.39, 0.29) is 31.2 Å². The van der Waals surface area contributed by atoms with Crippen molar-refractivity contribution in [2.75, 3.05) is 10.2 Å². The smallest absolute Gasteiger partial charge is 0.424 e. The van der Waals surface area contributed by atoms with Crippen LogP contribution in [0, 0.1) is 23.4 Å². The van der Waals surface area contributed by atoms with Crippen molar-refractivity contribution in [2.24, 2.45) is 5.92 Å². The van der Waals surface area contributed by atoms with E-state index in [4.69, 9.17) is 44.3 Å². The molecule has 3 amide bonds. The van der Waals surface area contributed by atoms with Crippen LogP contribution >= 0.6 is 50.7 Å². The molecule has 0 spiro atoms. The third-order valence-corrected chi connectivity index (χ3v) is 8.92. The zero-order valence-corrected chi connectivity index (χ0v) is 30.9. The van der Waals surface area contributed by atoms with E-state index in [1.54, 1.807) is 0 Å². The first-order valence-electron chi connectivity index (χ1n) is 14.7. The molecule has 262 valence electrons. The van der Waals surface area contributed by atoms with Crippen LogP contribution in [-0.2, 0) is 20.7 Å². The third kappa shape index (κ3) is 8.89. The van der Waals surface area contributed by atoms with Gasteiger partial charge in [0.1, 0.15) is 27.0 Å². The number of Topliss-reactive ketones (excluding diaryl/α,β-unsaturated/α-hetero) is 1. The van der Waals surface area contributed by atoms with Gasteiger partial charge in [0.05, 0.1) is 15.4 Å². The molecule has 0 unspecified atom stereocenters. The summed E-state index contributed by atoms with van der Waals surface area (Å²) in [5.74, 6) is -6.10. The number of benzene rings is 3. The van der Waals surface area contributed by atoms with Crippen LogP contribution in [-0.4, -0.2) is 39.4 Å². The van der Waals surface area contributed by atoms with E-state index < -0.39 is 80.8 Å². The van der Waals surface area contributed by atoms with Crippen LogP contribution < -0.4 is 10.2 Å². The summed E-state index contributed by atoms with van der Waals surface area (Å²) in [7, 11) is 0. The van der Waals surface area contributed by atoms with Crippen molar-refractivity contribution >= 4 is 86.0 Å². The van der Waals surface area contributed by atoms with Crippen molar-refractivity contribution in [3.05, 3.63) is 92.2 Å². The lowest BCUT2D eigenvalue weighted by Gasteiger charge is -2.29. The highest BCUT2D eigenvalue weighted by molar-refractivity contribution is 9.10. The monoisotopic (exact) mass is 804 g/mol. The molecule has 3 aromatic carbocycles. The topological polar surface area (TPSA) is 102 Å². The number of nitrogens with one attached hydrogen (secondary N) is 1. The molecule has 8 nitrogen and oxygen atoms in total. The van der Waals surface area contributed by atoms with E-state index in [0.717, 1.165) is 12.1 Å². The van der Waals surface area contributed by atoms with Gasteiger partial charge in [-0.25, -0.2) is 22.8 Å². The molecule has 0 radical (unpaired) electrons. The number of nitrogens with zero attached hydrogens (tertiary/aromatic N) is 1. The van der Waals surface area contributed by atoms with Crippen molar-refractivity contribution in [1.29, 1.82) is 0 Å². The Labute approximate surface area is 304 Å². The molecule has 4 rings (SSSR count). The van der Waals surface area contributed by atoms with Gasteiger partial charge in [0, 0.05) is 23.6 Å². The summed E-state index contributed by atoms with van der Waals surface area (Å²) in [6.07, 6.45) is -3.50. The molecule has 0 bridgehead atoms. The second-order valence-electron chi connectivity index (χ2n) is 13.3. The number of amides is 3. The molecule has 3 aromatic rings. The average molecular weight is 807 g/mol. The molecule has 2 atom stereocenters. The van der Waals surface area contributed by atoms with Crippen molar-refractivity contribution in [3.8, 4) is 0 Å². The van der Waals surface area contributed by atoms with Gasteiger partial charge in [0.2, 0.25) is 5.91 Å². The Morgan fingerprint density at radius 3 is 2.00 bits per heavy atom. The maximum Gasteiger partial charge on any atom is 0.424 e. The van der Waals surface area contributed by atoms with E-state index >= 15 is 8.78 Å². The molecule has 0 saturated heterocycles. The van der Waals surface area contributed by atoms with Crippen LogP contribution in [0.15, 0.2) is 53.0 Å². The quantitative estimate of drug-likeness (QED) is 0.188. The van der Waals surface area contributed by atoms with E-state index in [0.29, 0.717) is 5.56 Å². The predicted octanol–water partition coefficient (Wildman–Crippen LogP) is 10.1. The van der Waals surface area contributed by atoms with Gasteiger partial charge >= 0.3 is 12.2 Å². The Morgan fingerprint density at radius 2 is 1.45 bits per heavy atom. The summed E-state index contributed by atoms with van der Waals surface area (Å²) in [6, 6.07) is 9.94. The molecule has 49 heavy (non-hydrogen) atoms. The number of halogens is 7. The maximum atomic E-state index is 16.0. The normalized spacial score (nSPS) is 16.8. The number of carbonyl (C=O) groups excluding carboxylic acids is 4. The van der Waals surface area contributed by atoms with Crippen LogP contribution in [0.2, 0.25) is 5.02 Å². The number of ether oxygens (including phenoxy) is 2. The second kappa shape index (κ2) is 14.1. The Bertz CT molecular complexity index is 1820. The number of anilines is 2. The summed E-state index contributed by atoms with van der Waals surface area (Å²) >= 11 is 22.2. The number of alkyl halides is 2. The summed E-state index contributed by atoms with van der Waals surface area (Å²) < 4.78 is 54.1. The molecule has 1 aliphatic rings. The highest BCUT2D eigenvalue weighted by atomic mass is 79.9. The van der Waals surface area contributed by atoms with E-state index in [2.05, 4.69) is 21.2 Å². The Morgan fingerprint density at radius 1 is 0.878 bits per heavy atom.